The van der Waals surface area contributed by atoms with Gasteiger partial charge in [0.05, 0.1) is 24.3 Å². The highest BCUT2D eigenvalue weighted by molar-refractivity contribution is 7.99. The molecule has 1 aliphatic rings. The lowest BCUT2D eigenvalue weighted by Gasteiger charge is -2.13. The van der Waals surface area contributed by atoms with Crippen molar-refractivity contribution in [3.05, 3.63) is 52.6 Å². The number of rotatable bonds is 9. The maximum Gasteiger partial charge on any atom is 0.323 e. The Morgan fingerprint density at radius 2 is 2.07 bits per heavy atom. The van der Waals surface area contributed by atoms with Crippen LogP contribution in [0.3, 0.4) is 0 Å². The maximum absolute atomic E-state index is 13.0. The van der Waals surface area contributed by atoms with Crippen LogP contribution in [0.5, 0.6) is 0 Å². The molecule has 2 aromatic heterocycles. The molecule has 1 aliphatic carbocycles. The van der Waals surface area contributed by atoms with Gasteiger partial charge in [0.15, 0.2) is 16.9 Å². The van der Waals surface area contributed by atoms with Crippen LogP contribution >= 0.6 is 23.1 Å². The quantitative estimate of drug-likeness (QED) is 0.273. The van der Waals surface area contributed by atoms with E-state index in [-0.39, 0.29) is 18.1 Å². The van der Waals surface area contributed by atoms with E-state index in [0.29, 0.717) is 11.0 Å². The zero-order chi connectivity index (χ0) is 21.1. The number of Topliss-reactive ketones (excluding diaryl/α,β-unsaturated/α-hetero) is 1. The number of ether oxygens (including phenoxy) is 1. The molecule has 2 heterocycles. The molecule has 8 heteroatoms. The number of benzene rings is 1. The molecule has 156 valence electrons. The lowest BCUT2D eigenvalue weighted by Crippen LogP contribution is -2.25. The summed E-state index contributed by atoms with van der Waals surface area (Å²) < 4.78 is 7.37. The number of hydrogen-bond acceptors (Lipinski definition) is 7. The average Bonchev–Trinajstić information content (AvgIpc) is 3.36. The molecule has 0 aliphatic heterocycles. The van der Waals surface area contributed by atoms with Crippen LogP contribution in [0.25, 0.3) is 11.3 Å². The number of aryl methyl sites for hydroxylation is 1. The molecule has 3 aromatic rings. The Balaban J connectivity index is 1.54. The Morgan fingerprint density at radius 1 is 1.30 bits per heavy atom. The summed E-state index contributed by atoms with van der Waals surface area (Å²) in [5.41, 5.74) is 2.96. The molecule has 1 atom stereocenters. The van der Waals surface area contributed by atoms with Crippen molar-refractivity contribution < 1.29 is 14.3 Å². The first-order chi connectivity index (χ1) is 14.6. The smallest absolute Gasteiger partial charge is 0.323 e. The van der Waals surface area contributed by atoms with Crippen LogP contribution in [0.2, 0.25) is 0 Å². The van der Waals surface area contributed by atoms with Gasteiger partial charge in [-0.25, -0.2) is 9.97 Å². The number of carbonyl (C=O) groups excluding carboxylic acids is 2. The van der Waals surface area contributed by atoms with E-state index in [9.17, 15) is 9.59 Å². The number of thiazole rings is 1. The predicted octanol–water partition coefficient (Wildman–Crippen LogP) is 4.66. The minimum absolute atomic E-state index is 0.139. The monoisotopic (exact) mass is 441 g/mol. The third kappa shape index (κ3) is 4.49. The zero-order valence-corrected chi connectivity index (χ0v) is 18.5. The van der Waals surface area contributed by atoms with Gasteiger partial charge in [-0.05, 0) is 32.3 Å². The Morgan fingerprint density at radius 3 is 2.70 bits per heavy atom. The fourth-order valence-electron chi connectivity index (χ4n) is 3.28. The molecule has 0 N–H and O–H groups in total. The number of hydrogen-bond donors (Lipinski definition) is 0. The van der Waals surface area contributed by atoms with Gasteiger partial charge >= 0.3 is 5.97 Å². The molecule has 30 heavy (non-hydrogen) atoms. The zero-order valence-electron chi connectivity index (χ0n) is 16.9. The van der Waals surface area contributed by atoms with Gasteiger partial charge in [0.2, 0.25) is 0 Å². The van der Waals surface area contributed by atoms with E-state index in [0.717, 1.165) is 34.9 Å². The van der Waals surface area contributed by atoms with E-state index >= 15 is 0 Å². The minimum atomic E-state index is -0.978. The molecule has 1 fully saturated rings. The molecule has 4 rings (SSSR count). The first-order valence-corrected chi connectivity index (χ1v) is 11.8. The Labute approximate surface area is 183 Å². The summed E-state index contributed by atoms with van der Waals surface area (Å²) in [6, 6.07) is 10.6. The fraction of sp³-hybridized carbons (Fsp3) is 0.364. The molecular weight excluding hydrogens is 418 g/mol. The molecule has 1 aromatic carbocycles. The van der Waals surface area contributed by atoms with Crippen molar-refractivity contribution in [3.63, 3.8) is 0 Å². The van der Waals surface area contributed by atoms with E-state index in [1.165, 1.54) is 23.1 Å². The Hall–Kier alpha value is -2.45. The number of carbonyl (C=O) groups is 2. The molecule has 6 nitrogen and oxygen atoms in total. The fourth-order valence-corrected chi connectivity index (χ4v) is 5.13. The highest BCUT2D eigenvalue weighted by Gasteiger charge is 2.34. The third-order valence-corrected chi connectivity index (χ3v) is 6.83. The molecule has 0 amide bonds. The summed E-state index contributed by atoms with van der Waals surface area (Å²) >= 11 is 2.69. The second kappa shape index (κ2) is 9.14. The topological polar surface area (TPSA) is 74.1 Å². The van der Waals surface area contributed by atoms with Gasteiger partial charge in [0.25, 0.3) is 0 Å². The van der Waals surface area contributed by atoms with Gasteiger partial charge in [-0.2, -0.15) is 0 Å². The van der Waals surface area contributed by atoms with Crippen LogP contribution in [0.1, 0.15) is 42.4 Å². The van der Waals surface area contributed by atoms with Crippen LogP contribution in [0.4, 0.5) is 0 Å². The molecular formula is C22H23N3O3S2. The molecule has 0 bridgehead atoms. The van der Waals surface area contributed by atoms with Gasteiger partial charge < -0.3 is 9.30 Å². The third-order valence-electron chi connectivity index (χ3n) is 4.82. The first kappa shape index (κ1) is 20.8. The van der Waals surface area contributed by atoms with Crippen molar-refractivity contribution in [1.29, 1.82) is 0 Å². The second-order valence-electron chi connectivity index (χ2n) is 7.16. The van der Waals surface area contributed by atoms with Gasteiger partial charge in [0.1, 0.15) is 5.01 Å². The molecule has 1 saturated carbocycles. The van der Waals surface area contributed by atoms with Crippen LogP contribution < -0.4 is 0 Å². The van der Waals surface area contributed by atoms with Gasteiger partial charge in [-0.1, -0.05) is 42.1 Å². The van der Waals surface area contributed by atoms with E-state index in [4.69, 9.17) is 4.74 Å². The number of esters is 1. The van der Waals surface area contributed by atoms with Crippen molar-refractivity contribution in [2.24, 2.45) is 0 Å². The summed E-state index contributed by atoms with van der Waals surface area (Å²) in [6.07, 6.45) is 4.09. The van der Waals surface area contributed by atoms with E-state index in [2.05, 4.69) is 26.7 Å². The summed E-state index contributed by atoms with van der Waals surface area (Å²) in [5, 5.41) is 3.14. The van der Waals surface area contributed by atoms with E-state index < -0.39 is 11.9 Å². The summed E-state index contributed by atoms with van der Waals surface area (Å²) in [7, 11) is 0. The van der Waals surface area contributed by atoms with Crippen LogP contribution in [-0.4, -0.2) is 38.6 Å². The Kier molecular flexibility index (Phi) is 6.34. The summed E-state index contributed by atoms with van der Waals surface area (Å²) in [6.45, 7) is 3.81. The number of imidazole rings is 1. The predicted molar refractivity (Wildman–Crippen MR) is 118 cm³/mol. The van der Waals surface area contributed by atoms with Gasteiger partial charge in [-0.15, -0.1) is 11.3 Å². The highest BCUT2D eigenvalue weighted by Crippen LogP contribution is 2.42. The van der Waals surface area contributed by atoms with Crippen LogP contribution in [0, 0.1) is 6.92 Å². The summed E-state index contributed by atoms with van der Waals surface area (Å²) in [4.78, 5) is 34.4. The SMILES string of the molecule is CCOC(=O)[C@H](C(=O)CSc1ncc(-c2ccccc2)n1C1CC1)c1nc(C)cs1. The van der Waals surface area contributed by atoms with E-state index in [1.807, 2.05) is 36.7 Å². The number of nitrogens with zero attached hydrogens (tertiary/aromatic N) is 3. The van der Waals surface area contributed by atoms with Crippen molar-refractivity contribution in [2.45, 2.75) is 43.8 Å². The second-order valence-corrected chi connectivity index (χ2v) is 8.99. The average molecular weight is 442 g/mol. The van der Waals surface area contributed by atoms with Crippen molar-refractivity contribution in [3.8, 4) is 11.3 Å². The van der Waals surface area contributed by atoms with E-state index in [1.54, 1.807) is 6.92 Å². The van der Waals surface area contributed by atoms with Crippen LogP contribution in [-0.2, 0) is 14.3 Å². The number of thioether (sulfide) groups is 1. The lowest BCUT2D eigenvalue weighted by atomic mass is 10.1. The summed E-state index contributed by atoms with van der Waals surface area (Å²) in [5.74, 6) is -1.58. The largest absolute Gasteiger partial charge is 0.465 e. The standard InChI is InChI=1S/C22H23N3O3S2/c1-3-28-21(27)19(20-24-14(2)12-29-20)18(26)13-30-22-23-11-17(25(22)16-9-10-16)15-7-5-4-6-8-15/h4-8,11-12,16,19H,3,9-10,13H2,1-2H3/t19-/m1/s1. The normalized spacial score (nSPS) is 14.5. The van der Waals surface area contributed by atoms with Gasteiger partial charge in [-0.3, -0.25) is 9.59 Å². The molecule has 0 saturated heterocycles. The van der Waals surface area contributed by atoms with Crippen molar-refractivity contribution in [2.75, 3.05) is 12.4 Å². The maximum atomic E-state index is 13.0. The van der Waals surface area contributed by atoms with Crippen LogP contribution in [0.15, 0.2) is 47.1 Å². The first-order valence-electron chi connectivity index (χ1n) is 9.95. The lowest BCUT2D eigenvalue weighted by molar-refractivity contribution is -0.147. The van der Waals surface area contributed by atoms with Crippen molar-refractivity contribution in [1.82, 2.24) is 14.5 Å². The molecule has 0 unspecified atom stereocenters. The number of ketones is 1. The van der Waals surface area contributed by atoms with Gasteiger partial charge in [0, 0.05) is 17.1 Å². The molecule has 0 spiro atoms. The van der Waals surface area contributed by atoms with Crippen molar-refractivity contribution >= 4 is 34.9 Å². The Bertz CT molecular complexity index is 1040. The highest BCUT2D eigenvalue weighted by atomic mass is 32.2. The number of aromatic nitrogens is 3. The minimum Gasteiger partial charge on any atom is -0.465 e. The molecule has 0 radical (unpaired) electrons.